The maximum absolute atomic E-state index is 12.6. The fourth-order valence-electron chi connectivity index (χ4n) is 4.92. The second-order valence-corrected chi connectivity index (χ2v) is 12.9. The van der Waals surface area contributed by atoms with Crippen molar-refractivity contribution < 1.29 is 14.7 Å². The maximum Gasteiger partial charge on any atom is 0.244 e. The van der Waals surface area contributed by atoms with Crippen molar-refractivity contribution >= 4 is 63.8 Å². The molecule has 40 heavy (non-hydrogen) atoms. The molecular weight excluding hydrogens is 589 g/mol. The second kappa shape index (κ2) is 13.7. The summed E-state index contributed by atoms with van der Waals surface area (Å²) in [5.74, 6) is 0.0698. The number of thiazole rings is 1. The minimum atomic E-state index is -0.675. The molecule has 8 nitrogen and oxygen atoms in total. The Balaban J connectivity index is 1.06. The zero-order chi connectivity index (χ0) is 28.1. The number of nitrogens with one attached hydrogen (secondary N) is 3. The molecule has 212 valence electrons. The van der Waals surface area contributed by atoms with Crippen molar-refractivity contribution in [2.45, 2.75) is 48.3 Å². The van der Waals surface area contributed by atoms with Gasteiger partial charge in [0.25, 0.3) is 0 Å². The monoisotopic (exact) mass is 619 g/mol. The summed E-state index contributed by atoms with van der Waals surface area (Å²) in [4.78, 5) is 32.2. The Morgan fingerprint density at radius 2 is 1.95 bits per heavy atom. The number of nitrogens with zero attached hydrogens (tertiary/aromatic N) is 2. The van der Waals surface area contributed by atoms with Crippen LogP contribution in [0.25, 0.3) is 11.3 Å². The summed E-state index contributed by atoms with van der Waals surface area (Å²) >= 11 is 15.1. The predicted octanol–water partition coefficient (Wildman–Crippen LogP) is 4.65. The van der Waals surface area contributed by atoms with Gasteiger partial charge >= 0.3 is 0 Å². The van der Waals surface area contributed by atoms with Crippen LogP contribution in [0.15, 0.2) is 52.2 Å². The van der Waals surface area contributed by atoms with E-state index in [0.29, 0.717) is 34.5 Å². The first kappa shape index (κ1) is 29.3. The Labute approximate surface area is 251 Å². The van der Waals surface area contributed by atoms with Crippen molar-refractivity contribution in [1.82, 2.24) is 20.5 Å². The number of carbonyl (C=O) groups is 2. The van der Waals surface area contributed by atoms with Gasteiger partial charge in [0.2, 0.25) is 11.8 Å². The lowest BCUT2D eigenvalue weighted by molar-refractivity contribution is -0.120. The molecule has 4 N–H and O–H groups in total. The first-order valence-corrected chi connectivity index (χ1v) is 15.8. The number of piperidine rings is 1. The molecule has 2 saturated heterocycles. The number of likely N-dealkylation sites (tertiary alicyclic amines) is 1. The number of benzene rings is 2. The number of carbonyl (C=O) groups excluding carboxylic acids is 2. The number of aromatic nitrogens is 1. The molecule has 12 heteroatoms. The highest BCUT2D eigenvalue weighted by atomic mass is 35.5. The first-order valence-electron chi connectivity index (χ1n) is 13.2. The van der Waals surface area contributed by atoms with Gasteiger partial charge in [0, 0.05) is 42.3 Å². The van der Waals surface area contributed by atoms with Crippen molar-refractivity contribution in [3.8, 4) is 11.3 Å². The highest BCUT2D eigenvalue weighted by Gasteiger charge is 2.31. The SMILES string of the molecule is O=C(CSc1nc(-c2cccc(NC(=O)[C@H]3NCCC3O)c2)cs1)NC1CCN(Cc2ccc(Cl)c(Cl)c2)CC1. The number of rotatable bonds is 9. The lowest BCUT2D eigenvalue weighted by Gasteiger charge is -2.32. The van der Waals surface area contributed by atoms with E-state index in [4.69, 9.17) is 23.2 Å². The summed E-state index contributed by atoms with van der Waals surface area (Å²) in [6, 6.07) is 12.8. The number of amides is 2. The first-order chi connectivity index (χ1) is 19.3. The summed E-state index contributed by atoms with van der Waals surface area (Å²) in [5, 5.41) is 22.1. The molecule has 2 fully saturated rings. The molecule has 1 aromatic heterocycles. The average Bonchev–Trinajstić information content (AvgIpc) is 3.60. The molecule has 2 atom stereocenters. The van der Waals surface area contributed by atoms with Gasteiger partial charge in [-0.05, 0) is 55.6 Å². The van der Waals surface area contributed by atoms with Crippen LogP contribution in [-0.2, 0) is 16.1 Å². The third-order valence-corrected chi connectivity index (χ3v) is 9.81. The molecule has 3 heterocycles. The highest BCUT2D eigenvalue weighted by molar-refractivity contribution is 8.01. The lowest BCUT2D eigenvalue weighted by atomic mass is 10.0. The van der Waals surface area contributed by atoms with Crippen LogP contribution in [0.5, 0.6) is 0 Å². The Morgan fingerprint density at radius 3 is 2.70 bits per heavy atom. The van der Waals surface area contributed by atoms with Gasteiger partial charge < -0.3 is 21.1 Å². The number of aliphatic hydroxyl groups is 1. The van der Waals surface area contributed by atoms with E-state index < -0.39 is 12.1 Å². The van der Waals surface area contributed by atoms with Crippen LogP contribution >= 0.6 is 46.3 Å². The van der Waals surface area contributed by atoms with Crippen LogP contribution in [0.4, 0.5) is 5.69 Å². The lowest BCUT2D eigenvalue weighted by Crippen LogP contribution is -2.44. The molecule has 2 aliphatic rings. The van der Waals surface area contributed by atoms with E-state index in [1.165, 1.54) is 23.1 Å². The largest absolute Gasteiger partial charge is 0.391 e. The fourth-order valence-corrected chi connectivity index (χ4v) is 6.88. The van der Waals surface area contributed by atoms with Crippen molar-refractivity contribution in [3.63, 3.8) is 0 Å². The molecule has 1 unspecified atom stereocenters. The van der Waals surface area contributed by atoms with Gasteiger partial charge in [-0.15, -0.1) is 11.3 Å². The normalized spacial score (nSPS) is 20.0. The smallest absolute Gasteiger partial charge is 0.244 e. The number of hydrogen-bond donors (Lipinski definition) is 4. The van der Waals surface area contributed by atoms with Gasteiger partial charge in [-0.3, -0.25) is 14.5 Å². The quantitative estimate of drug-likeness (QED) is 0.258. The number of anilines is 1. The standard InChI is InChI=1S/C28H31Cl2N5O3S2/c29-21-5-4-17(12-22(21)30)14-35-10-7-19(8-11-35)32-25(37)16-40-28-34-23(15-39-28)18-2-1-3-20(13-18)33-27(38)26-24(36)6-9-31-26/h1-5,12-13,15,19,24,26,31,36H,6-11,14,16H2,(H,32,37)(H,33,38)/t24?,26-/m0/s1. The molecule has 2 aromatic carbocycles. The van der Waals surface area contributed by atoms with Crippen molar-refractivity contribution in [3.05, 3.63) is 63.5 Å². The summed E-state index contributed by atoms with van der Waals surface area (Å²) in [5.41, 5.74) is 3.44. The summed E-state index contributed by atoms with van der Waals surface area (Å²) in [7, 11) is 0. The summed E-state index contributed by atoms with van der Waals surface area (Å²) in [6.45, 7) is 3.25. The van der Waals surface area contributed by atoms with Crippen molar-refractivity contribution in [2.75, 3.05) is 30.7 Å². The molecule has 0 saturated carbocycles. The zero-order valence-electron chi connectivity index (χ0n) is 21.7. The molecule has 3 aromatic rings. The average molecular weight is 621 g/mol. The minimum absolute atomic E-state index is 0.0112. The molecule has 0 aliphatic carbocycles. The number of thioether (sulfide) groups is 1. The molecule has 2 aliphatic heterocycles. The van der Waals surface area contributed by atoms with Crippen LogP contribution in [-0.4, -0.2) is 70.4 Å². The van der Waals surface area contributed by atoms with E-state index in [1.807, 2.05) is 47.8 Å². The fraction of sp³-hybridized carbons (Fsp3) is 0.393. The van der Waals surface area contributed by atoms with Crippen molar-refractivity contribution in [1.29, 1.82) is 0 Å². The Morgan fingerprint density at radius 1 is 1.12 bits per heavy atom. The van der Waals surface area contributed by atoms with Crippen LogP contribution in [0.3, 0.4) is 0 Å². The highest BCUT2D eigenvalue weighted by Crippen LogP contribution is 2.30. The Hall–Kier alpha value is -2.18. The zero-order valence-corrected chi connectivity index (χ0v) is 24.9. The Kier molecular flexibility index (Phi) is 10.0. The van der Waals surface area contributed by atoms with Gasteiger partial charge in [0.05, 0.1) is 27.6 Å². The topological polar surface area (TPSA) is 107 Å². The van der Waals surface area contributed by atoms with Crippen LogP contribution in [0.1, 0.15) is 24.8 Å². The van der Waals surface area contributed by atoms with Gasteiger partial charge in [0.15, 0.2) is 4.34 Å². The summed E-state index contributed by atoms with van der Waals surface area (Å²) in [6.07, 6.45) is 1.70. The number of hydrogen-bond acceptors (Lipinski definition) is 8. The van der Waals surface area contributed by atoms with E-state index in [9.17, 15) is 14.7 Å². The van der Waals surface area contributed by atoms with Gasteiger partial charge in [-0.2, -0.15) is 0 Å². The number of halogens is 2. The van der Waals surface area contributed by atoms with E-state index in [0.717, 1.165) is 53.6 Å². The number of aliphatic hydroxyl groups excluding tert-OH is 1. The molecule has 0 bridgehead atoms. The second-order valence-electron chi connectivity index (χ2n) is 10.0. The summed E-state index contributed by atoms with van der Waals surface area (Å²) < 4.78 is 0.814. The van der Waals surface area contributed by atoms with E-state index in [2.05, 4.69) is 25.8 Å². The van der Waals surface area contributed by atoms with E-state index >= 15 is 0 Å². The molecule has 2 amide bonds. The Bertz CT molecular complexity index is 1350. The third kappa shape index (κ3) is 7.76. The molecular formula is C28H31Cl2N5O3S2. The van der Waals surface area contributed by atoms with Crippen molar-refractivity contribution in [2.24, 2.45) is 0 Å². The van der Waals surface area contributed by atoms with Crippen LogP contribution < -0.4 is 16.0 Å². The maximum atomic E-state index is 12.6. The van der Waals surface area contributed by atoms with Gasteiger partial charge in [-0.25, -0.2) is 4.98 Å². The van der Waals surface area contributed by atoms with E-state index in [1.54, 1.807) is 0 Å². The molecule has 0 radical (unpaired) electrons. The van der Waals surface area contributed by atoms with E-state index in [-0.39, 0.29) is 17.9 Å². The van der Waals surface area contributed by atoms with Crippen LogP contribution in [0.2, 0.25) is 10.0 Å². The van der Waals surface area contributed by atoms with Gasteiger partial charge in [-0.1, -0.05) is 53.2 Å². The third-order valence-electron chi connectivity index (χ3n) is 7.05. The van der Waals surface area contributed by atoms with Gasteiger partial charge in [0.1, 0.15) is 6.04 Å². The molecule has 0 spiro atoms. The minimum Gasteiger partial charge on any atom is -0.391 e. The van der Waals surface area contributed by atoms with Crippen LogP contribution in [0, 0.1) is 0 Å². The molecule has 5 rings (SSSR count). The predicted molar refractivity (Wildman–Crippen MR) is 162 cm³/mol.